The van der Waals surface area contributed by atoms with Gasteiger partial charge in [-0.3, -0.25) is 0 Å². The molecule has 4 heterocycles. The van der Waals surface area contributed by atoms with E-state index in [1.165, 1.54) is 87.2 Å². The summed E-state index contributed by atoms with van der Waals surface area (Å²) in [6.45, 7) is 7.11. The summed E-state index contributed by atoms with van der Waals surface area (Å²) >= 11 is 0. The summed E-state index contributed by atoms with van der Waals surface area (Å²) < 4.78 is 2.68. The van der Waals surface area contributed by atoms with Crippen LogP contribution >= 0.6 is 0 Å². The lowest BCUT2D eigenvalue weighted by Crippen LogP contribution is -2.78. The predicted octanol–water partition coefficient (Wildman–Crippen LogP) is 7.20. The highest BCUT2D eigenvalue weighted by molar-refractivity contribution is 7.21. The number of para-hydroxylation sites is 4. The second kappa shape index (κ2) is 9.77. The molecule has 0 spiro atoms. The van der Waals surface area contributed by atoms with Crippen molar-refractivity contribution in [1.82, 2.24) is 4.48 Å². The topological polar surface area (TPSA) is 8.17 Å². The Bertz CT molecular complexity index is 2670. The maximum Gasteiger partial charge on any atom is 0.333 e. The molecule has 2 nitrogen and oxygen atoms in total. The summed E-state index contributed by atoms with van der Waals surface area (Å²) in [7, 11) is -2.76. The van der Waals surface area contributed by atoms with E-state index < -0.39 is 8.07 Å². The van der Waals surface area contributed by atoms with Crippen LogP contribution in [0, 0.1) is 0 Å². The lowest BCUT2D eigenvalue weighted by molar-refractivity contribution is 0.590. The van der Waals surface area contributed by atoms with Crippen molar-refractivity contribution < 1.29 is 0 Å². The van der Waals surface area contributed by atoms with Gasteiger partial charge in [0, 0.05) is 44.4 Å². The zero-order valence-corrected chi connectivity index (χ0v) is 29.5. The first kappa shape index (κ1) is 28.3. The van der Waals surface area contributed by atoms with E-state index in [0.717, 1.165) is 0 Å². The fraction of sp³-hybridized carbons (Fsp3) is 0.0870. The maximum atomic E-state index is 2.68. The highest BCUT2D eigenvalue weighted by Crippen LogP contribution is 2.47. The van der Waals surface area contributed by atoms with Gasteiger partial charge in [0.2, 0.25) is 0 Å². The van der Waals surface area contributed by atoms with Crippen molar-refractivity contribution in [3.63, 3.8) is 0 Å². The SMILES string of the molecule is CC(C)(C)c1cc2c3c(c1)N1c4ccccc4[Si](c4ccccc4)(c4ccccc4)c4cccc(c41)B3n1c3ccccc3c3cccc-2c31. The van der Waals surface area contributed by atoms with Crippen LogP contribution in [0.25, 0.3) is 32.9 Å². The summed E-state index contributed by atoms with van der Waals surface area (Å²) in [5.41, 5.74) is 13.5. The van der Waals surface area contributed by atoms with Gasteiger partial charge in [-0.1, -0.05) is 160 Å². The maximum absolute atomic E-state index is 2.76. The van der Waals surface area contributed by atoms with E-state index >= 15 is 0 Å². The first-order valence-corrected chi connectivity index (χ1v) is 19.8. The van der Waals surface area contributed by atoms with Crippen LogP contribution in [0.15, 0.2) is 158 Å². The molecule has 0 radical (unpaired) electrons. The van der Waals surface area contributed by atoms with Gasteiger partial charge in [-0.25, -0.2) is 0 Å². The molecule has 4 heteroatoms. The highest BCUT2D eigenvalue weighted by atomic mass is 28.3. The smallest absolute Gasteiger partial charge is 0.333 e. The van der Waals surface area contributed by atoms with Gasteiger partial charge in [0.05, 0.1) is 0 Å². The molecule has 0 aliphatic carbocycles. The minimum Gasteiger partial charge on any atom is -0.375 e. The van der Waals surface area contributed by atoms with Crippen molar-refractivity contribution in [3.05, 3.63) is 163 Å². The minimum atomic E-state index is -2.76. The number of hydrogen-bond donors (Lipinski definition) is 0. The Morgan fingerprint density at radius 1 is 0.540 bits per heavy atom. The Hall–Kier alpha value is -5.58. The van der Waals surface area contributed by atoms with Crippen LogP contribution in [0.3, 0.4) is 0 Å². The van der Waals surface area contributed by atoms with Gasteiger partial charge in [-0.05, 0) is 66.4 Å². The highest BCUT2D eigenvalue weighted by Gasteiger charge is 2.53. The summed E-state index contributed by atoms with van der Waals surface area (Å²) in [5, 5.41) is 8.41. The number of anilines is 3. The molecular formula is C46H35BN2Si. The number of rotatable bonds is 2. The Morgan fingerprint density at radius 3 is 1.94 bits per heavy atom. The Kier molecular flexibility index (Phi) is 5.53. The average molecular weight is 655 g/mol. The van der Waals surface area contributed by atoms with Crippen molar-refractivity contribution in [2.45, 2.75) is 26.2 Å². The molecule has 50 heavy (non-hydrogen) atoms. The van der Waals surface area contributed by atoms with Gasteiger partial charge >= 0.3 is 6.85 Å². The summed E-state index contributed by atoms with van der Waals surface area (Å²) in [4.78, 5) is 2.67. The van der Waals surface area contributed by atoms with E-state index in [1.807, 2.05) is 0 Å². The second-order valence-electron chi connectivity index (χ2n) is 15.3. The second-order valence-corrected chi connectivity index (χ2v) is 19.0. The predicted molar refractivity (Wildman–Crippen MR) is 216 cm³/mol. The first-order valence-electron chi connectivity index (χ1n) is 17.8. The van der Waals surface area contributed by atoms with Crippen LogP contribution in [-0.2, 0) is 5.41 Å². The van der Waals surface area contributed by atoms with E-state index in [4.69, 9.17) is 0 Å². The zero-order chi connectivity index (χ0) is 33.4. The third-order valence-corrected chi connectivity index (χ3v) is 16.6. The van der Waals surface area contributed by atoms with Gasteiger partial charge < -0.3 is 9.38 Å². The van der Waals surface area contributed by atoms with E-state index in [0.29, 0.717) is 0 Å². The first-order chi connectivity index (χ1) is 24.5. The van der Waals surface area contributed by atoms with E-state index in [1.54, 1.807) is 0 Å². The summed E-state index contributed by atoms with van der Waals surface area (Å²) in [5.74, 6) is 0. The van der Waals surface area contributed by atoms with Crippen LogP contribution in [0.2, 0.25) is 0 Å². The van der Waals surface area contributed by atoms with Gasteiger partial charge in [0.25, 0.3) is 0 Å². The van der Waals surface area contributed by atoms with Crippen molar-refractivity contribution in [1.29, 1.82) is 0 Å². The van der Waals surface area contributed by atoms with Crippen LogP contribution in [0.1, 0.15) is 26.3 Å². The molecular weight excluding hydrogens is 619 g/mol. The molecule has 1 aromatic heterocycles. The number of nitrogens with zero attached hydrogens (tertiary/aromatic N) is 2. The molecule has 0 fully saturated rings. The molecule has 8 aromatic rings. The molecule has 0 N–H and O–H groups in total. The summed E-state index contributed by atoms with van der Waals surface area (Å²) in [6.07, 6.45) is 0. The van der Waals surface area contributed by atoms with Crippen molar-refractivity contribution in [2.24, 2.45) is 0 Å². The molecule has 7 aromatic carbocycles. The molecule has 0 unspecified atom stereocenters. The largest absolute Gasteiger partial charge is 0.375 e. The van der Waals surface area contributed by atoms with Gasteiger partial charge in [0.15, 0.2) is 8.07 Å². The molecule has 0 saturated heterocycles. The Labute approximate surface area is 294 Å². The molecule has 0 saturated carbocycles. The molecule has 0 amide bonds. The number of aromatic nitrogens is 1. The van der Waals surface area contributed by atoms with Gasteiger partial charge in [-0.15, -0.1) is 0 Å². The Balaban J connectivity index is 1.37. The van der Waals surface area contributed by atoms with Crippen LogP contribution in [0.4, 0.5) is 17.1 Å². The van der Waals surface area contributed by atoms with Crippen LogP contribution < -0.4 is 36.6 Å². The van der Waals surface area contributed by atoms with Gasteiger partial charge in [0.1, 0.15) is 0 Å². The molecule has 3 aliphatic rings. The standard InChI is InChI=1S/C46H35BN2Si/c1-46(2,3)30-28-36-35-22-14-21-34-33-20-10-11-24-38(33)49(44(34)35)47-37-23-15-27-42-45(37)48(40(29-30)43(36)47)39-25-12-13-26-41(39)50(42,31-16-6-4-7-17-31)32-18-8-5-9-19-32/h4-29H,1-3H3. The third-order valence-electron chi connectivity index (χ3n) is 11.8. The fourth-order valence-electron chi connectivity index (χ4n) is 9.73. The monoisotopic (exact) mass is 654 g/mol. The molecule has 11 rings (SSSR count). The lowest BCUT2D eigenvalue weighted by Gasteiger charge is -2.50. The molecule has 3 aliphatic heterocycles. The zero-order valence-electron chi connectivity index (χ0n) is 28.5. The summed E-state index contributed by atoms with van der Waals surface area (Å²) in [6, 6.07) is 60.4. The normalized spacial score (nSPS) is 14.8. The fourth-order valence-corrected chi connectivity index (χ4v) is 14.9. The van der Waals surface area contributed by atoms with Crippen molar-refractivity contribution >= 4 is 85.5 Å². The lowest BCUT2D eigenvalue weighted by atomic mass is 9.45. The third kappa shape index (κ3) is 3.39. The van der Waals surface area contributed by atoms with E-state index in [2.05, 4.69) is 188 Å². The van der Waals surface area contributed by atoms with Crippen molar-refractivity contribution in [3.8, 4) is 11.1 Å². The number of hydrogen-bond acceptors (Lipinski definition) is 1. The average Bonchev–Trinajstić information content (AvgIpc) is 3.49. The quantitative estimate of drug-likeness (QED) is 0.179. The molecule has 0 atom stereocenters. The van der Waals surface area contributed by atoms with E-state index in [-0.39, 0.29) is 12.3 Å². The van der Waals surface area contributed by atoms with Crippen molar-refractivity contribution in [2.75, 3.05) is 4.90 Å². The number of fused-ring (bicyclic) bond motifs is 9. The molecule has 0 bridgehead atoms. The van der Waals surface area contributed by atoms with E-state index in [9.17, 15) is 0 Å². The Morgan fingerprint density at radius 2 is 1.18 bits per heavy atom. The van der Waals surface area contributed by atoms with Crippen LogP contribution in [0.5, 0.6) is 0 Å². The van der Waals surface area contributed by atoms with Gasteiger partial charge in [-0.2, -0.15) is 0 Å². The minimum absolute atomic E-state index is 0.0270. The molecule has 236 valence electrons. The van der Waals surface area contributed by atoms with Crippen LogP contribution in [-0.4, -0.2) is 19.4 Å². The number of benzene rings is 7.